The van der Waals surface area contributed by atoms with Crippen molar-refractivity contribution in [2.75, 3.05) is 18.0 Å². The standard InChI is InChI=1S/C20H22N4/c1-15-9-10-21-19(12-15)24-11-5-8-17(14-24)20-22-13-18(23-20)16-6-3-2-4-7-16/h2-4,6-7,9-10,12-13,17H,5,8,11,14H2,1H3,(H,22,23). The van der Waals surface area contributed by atoms with Crippen molar-refractivity contribution in [2.24, 2.45) is 0 Å². The van der Waals surface area contributed by atoms with Crippen LogP contribution in [0.15, 0.2) is 54.9 Å². The summed E-state index contributed by atoms with van der Waals surface area (Å²) in [5.41, 5.74) is 3.53. The number of rotatable bonds is 3. The third-order valence-corrected chi connectivity index (χ3v) is 4.71. The van der Waals surface area contributed by atoms with E-state index in [1.54, 1.807) is 0 Å². The Morgan fingerprint density at radius 3 is 2.83 bits per heavy atom. The fourth-order valence-electron chi connectivity index (χ4n) is 3.41. The number of piperidine rings is 1. The maximum absolute atomic E-state index is 4.66. The van der Waals surface area contributed by atoms with Crippen LogP contribution in [0, 0.1) is 6.92 Å². The molecule has 4 nitrogen and oxygen atoms in total. The van der Waals surface area contributed by atoms with Crippen LogP contribution in [-0.2, 0) is 0 Å². The molecular formula is C20H22N4. The SMILES string of the molecule is Cc1ccnc(N2CCCC(c3ncc(-c4ccccc4)[nH]3)C2)c1. The minimum Gasteiger partial charge on any atom is -0.356 e. The average molecular weight is 318 g/mol. The number of nitrogens with zero attached hydrogens (tertiary/aromatic N) is 3. The Kier molecular flexibility index (Phi) is 4.03. The number of benzene rings is 1. The molecule has 1 fully saturated rings. The monoisotopic (exact) mass is 318 g/mol. The van der Waals surface area contributed by atoms with E-state index in [4.69, 9.17) is 0 Å². The van der Waals surface area contributed by atoms with Gasteiger partial charge in [-0.15, -0.1) is 0 Å². The quantitative estimate of drug-likeness (QED) is 0.788. The molecule has 0 amide bonds. The first-order valence-electron chi connectivity index (χ1n) is 8.57. The van der Waals surface area contributed by atoms with Crippen LogP contribution < -0.4 is 4.90 Å². The van der Waals surface area contributed by atoms with E-state index in [2.05, 4.69) is 57.1 Å². The molecule has 0 radical (unpaired) electrons. The predicted molar refractivity (Wildman–Crippen MR) is 97.2 cm³/mol. The first-order chi connectivity index (χ1) is 11.8. The van der Waals surface area contributed by atoms with Gasteiger partial charge in [0.05, 0.1) is 11.9 Å². The molecule has 1 aromatic carbocycles. The molecule has 1 atom stereocenters. The van der Waals surface area contributed by atoms with Crippen LogP contribution in [0.1, 0.15) is 30.1 Å². The van der Waals surface area contributed by atoms with Crippen molar-refractivity contribution in [3.8, 4) is 11.3 Å². The summed E-state index contributed by atoms with van der Waals surface area (Å²) in [5.74, 6) is 2.60. The van der Waals surface area contributed by atoms with Crippen molar-refractivity contribution < 1.29 is 0 Å². The van der Waals surface area contributed by atoms with Crippen LogP contribution in [0.4, 0.5) is 5.82 Å². The number of nitrogens with one attached hydrogen (secondary N) is 1. The number of imidazole rings is 1. The molecule has 4 rings (SSSR count). The molecule has 24 heavy (non-hydrogen) atoms. The third-order valence-electron chi connectivity index (χ3n) is 4.71. The van der Waals surface area contributed by atoms with Gasteiger partial charge in [0.2, 0.25) is 0 Å². The first kappa shape index (κ1) is 14.9. The Bertz CT molecular complexity index is 809. The van der Waals surface area contributed by atoms with Gasteiger partial charge in [0.1, 0.15) is 11.6 Å². The minimum atomic E-state index is 0.429. The van der Waals surface area contributed by atoms with Gasteiger partial charge >= 0.3 is 0 Å². The second-order valence-electron chi connectivity index (χ2n) is 6.52. The highest BCUT2D eigenvalue weighted by molar-refractivity contribution is 5.58. The van der Waals surface area contributed by atoms with Gasteiger partial charge in [0, 0.05) is 25.2 Å². The van der Waals surface area contributed by atoms with Crippen LogP contribution in [0.3, 0.4) is 0 Å². The van der Waals surface area contributed by atoms with E-state index >= 15 is 0 Å². The topological polar surface area (TPSA) is 44.8 Å². The van der Waals surface area contributed by atoms with Gasteiger partial charge in [-0.3, -0.25) is 0 Å². The molecule has 0 spiro atoms. The molecule has 3 heterocycles. The minimum absolute atomic E-state index is 0.429. The van der Waals surface area contributed by atoms with E-state index < -0.39 is 0 Å². The van der Waals surface area contributed by atoms with Gasteiger partial charge in [-0.1, -0.05) is 30.3 Å². The molecule has 0 aliphatic carbocycles. The summed E-state index contributed by atoms with van der Waals surface area (Å²) in [5, 5.41) is 0. The Morgan fingerprint density at radius 2 is 2.00 bits per heavy atom. The zero-order valence-electron chi connectivity index (χ0n) is 13.9. The lowest BCUT2D eigenvalue weighted by Gasteiger charge is -2.32. The first-order valence-corrected chi connectivity index (χ1v) is 8.57. The van der Waals surface area contributed by atoms with Crippen LogP contribution >= 0.6 is 0 Å². The van der Waals surface area contributed by atoms with Crippen molar-refractivity contribution in [3.05, 3.63) is 66.2 Å². The summed E-state index contributed by atoms with van der Waals surface area (Å²) in [7, 11) is 0. The maximum Gasteiger partial charge on any atom is 0.128 e. The zero-order chi connectivity index (χ0) is 16.4. The van der Waals surface area contributed by atoms with Crippen LogP contribution in [0.2, 0.25) is 0 Å². The molecule has 1 aliphatic rings. The van der Waals surface area contributed by atoms with Crippen LogP contribution in [0.25, 0.3) is 11.3 Å². The summed E-state index contributed by atoms with van der Waals surface area (Å²) in [6.45, 7) is 4.16. The highest BCUT2D eigenvalue weighted by atomic mass is 15.2. The predicted octanol–water partition coefficient (Wildman–Crippen LogP) is 4.16. The Morgan fingerprint density at radius 1 is 1.12 bits per heavy atom. The fraction of sp³-hybridized carbons (Fsp3) is 0.300. The molecule has 2 aromatic heterocycles. The van der Waals surface area contributed by atoms with Gasteiger partial charge in [-0.25, -0.2) is 9.97 Å². The normalized spacial score (nSPS) is 17.9. The lowest BCUT2D eigenvalue weighted by Crippen LogP contribution is -2.35. The zero-order valence-corrected chi connectivity index (χ0v) is 13.9. The Hall–Kier alpha value is -2.62. The van der Waals surface area contributed by atoms with Crippen molar-refractivity contribution in [3.63, 3.8) is 0 Å². The Labute approximate surface area is 142 Å². The van der Waals surface area contributed by atoms with Gasteiger partial charge in [-0.05, 0) is 43.0 Å². The van der Waals surface area contributed by atoms with E-state index in [9.17, 15) is 0 Å². The molecule has 3 aromatic rings. The second kappa shape index (κ2) is 6.48. The van der Waals surface area contributed by atoms with Gasteiger partial charge < -0.3 is 9.88 Å². The number of aromatic nitrogens is 3. The molecule has 1 unspecified atom stereocenters. The van der Waals surface area contributed by atoms with E-state index in [-0.39, 0.29) is 0 Å². The molecule has 1 saturated heterocycles. The lowest BCUT2D eigenvalue weighted by molar-refractivity contribution is 0.491. The Balaban J connectivity index is 1.53. The molecule has 1 aliphatic heterocycles. The number of aromatic amines is 1. The summed E-state index contributed by atoms with van der Waals surface area (Å²) >= 11 is 0. The summed E-state index contributed by atoms with van der Waals surface area (Å²) in [4.78, 5) is 15.1. The maximum atomic E-state index is 4.66. The fourth-order valence-corrected chi connectivity index (χ4v) is 3.41. The molecule has 4 heteroatoms. The van der Waals surface area contributed by atoms with Gasteiger partial charge in [-0.2, -0.15) is 0 Å². The highest BCUT2D eigenvalue weighted by Gasteiger charge is 2.24. The number of anilines is 1. The second-order valence-corrected chi connectivity index (χ2v) is 6.52. The number of aryl methyl sites for hydroxylation is 1. The molecule has 0 bridgehead atoms. The number of hydrogen-bond acceptors (Lipinski definition) is 3. The van der Waals surface area contributed by atoms with Crippen molar-refractivity contribution in [1.29, 1.82) is 0 Å². The van der Waals surface area contributed by atoms with Crippen molar-refractivity contribution in [2.45, 2.75) is 25.7 Å². The third kappa shape index (κ3) is 3.04. The smallest absolute Gasteiger partial charge is 0.128 e. The van der Waals surface area contributed by atoms with Gasteiger partial charge in [0.15, 0.2) is 0 Å². The summed E-state index contributed by atoms with van der Waals surface area (Å²) < 4.78 is 0. The number of pyridine rings is 1. The van der Waals surface area contributed by atoms with Gasteiger partial charge in [0.25, 0.3) is 0 Å². The van der Waals surface area contributed by atoms with E-state index in [1.165, 1.54) is 24.0 Å². The van der Waals surface area contributed by atoms with Crippen LogP contribution in [0.5, 0.6) is 0 Å². The molecule has 0 saturated carbocycles. The van der Waals surface area contributed by atoms with E-state index in [1.807, 2.05) is 24.5 Å². The summed E-state index contributed by atoms with van der Waals surface area (Å²) in [6.07, 6.45) is 6.19. The van der Waals surface area contributed by atoms with E-state index in [0.717, 1.165) is 30.4 Å². The summed E-state index contributed by atoms with van der Waals surface area (Å²) in [6, 6.07) is 14.6. The highest BCUT2D eigenvalue weighted by Crippen LogP contribution is 2.29. The average Bonchev–Trinajstić information content (AvgIpc) is 3.13. The molecule has 1 N–H and O–H groups in total. The lowest BCUT2D eigenvalue weighted by atomic mass is 9.97. The molecular weight excluding hydrogens is 296 g/mol. The number of hydrogen-bond donors (Lipinski definition) is 1. The van der Waals surface area contributed by atoms with E-state index in [0.29, 0.717) is 5.92 Å². The number of H-pyrrole nitrogens is 1. The van der Waals surface area contributed by atoms with Crippen molar-refractivity contribution >= 4 is 5.82 Å². The van der Waals surface area contributed by atoms with Crippen molar-refractivity contribution in [1.82, 2.24) is 15.0 Å². The van der Waals surface area contributed by atoms with Crippen LogP contribution in [-0.4, -0.2) is 28.0 Å². The largest absolute Gasteiger partial charge is 0.356 e. The molecule has 122 valence electrons.